The Balaban J connectivity index is 0.000000845. The second-order valence-corrected chi connectivity index (χ2v) is 2.46. The smallest absolute Gasteiger partial charge is 0.205 e. The van der Waals surface area contributed by atoms with Crippen molar-refractivity contribution in [3.63, 3.8) is 0 Å². The van der Waals surface area contributed by atoms with Crippen LogP contribution in [0.2, 0.25) is 0 Å². The van der Waals surface area contributed by atoms with Gasteiger partial charge in [-0.2, -0.15) is 10.3 Å². The molecule has 0 atom stereocenters. The molecule has 0 bridgehead atoms. The van der Waals surface area contributed by atoms with Gasteiger partial charge in [0.15, 0.2) is 11.3 Å². The number of methoxy groups -OCH3 is 1. The summed E-state index contributed by atoms with van der Waals surface area (Å²) >= 11 is 0. The number of hydrogen-bond donors (Lipinski definition) is 1. The molecule has 5 heteroatoms. The third-order valence-electron chi connectivity index (χ3n) is 1.61. The number of aromatic amines is 1. The molecule has 0 radical (unpaired) electrons. The second-order valence-electron chi connectivity index (χ2n) is 2.46. The summed E-state index contributed by atoms with van der Waals surface area (Å²) in [5, 5.41) is 10.3. The lowest BCUT2D eigenvalue weighted by Crippen LogP contribution is -1.89. The van der Waals surface area contributed by atoms with Crippen molar-refractivity contribution in [2.75, 3.05) is 7.11 Å². The zero-order valence-corrected chi connectivity index (χ0v) is 6.83. The van der Waals surface area contributed by atoms with E-state index in [2.05, 4.69) is 20.4 Å². The van der Waals surface area contributed by atoms with Crippen molar-refractivity contribution >= 4 is 11.2 Å². The number of hydrogen-bond acceptors (Lipinski definition) is 4. The van der Waals surface area contributed by atoms with Gasteiger partial charge in [0.25, 0.3) is 0 Å². The van der Waals surface area contributed by atoms with E-state index in [0.29, 0.717) is 16.9 Å². The molecule has 2 heterocycles. The van der Waals surface area contributed by atoms with E-state index in [-0.39, 0.29) is 1.43 Å². The van der Waals surface area contributed by atoms with Gasteiger partial charge in [0, 0.05) is 13.2 Å². The first-order valence-corrected chi connectivity index (χ1v) is 3.53. The van der Waals surface area contributed by atoms with Gasteiger partial charge < -0.3 is 4.74 Å². The normalized spacial score (nSPS) is 10.5. The fourth-order valence-electron chi connectivity index (χ4n) is 1.08. The highest BCUT2D eigenvalue weighted by molar-refractivity contribution is 5.76. The molecule has 0 saturated heterocycles. The van der Waals surface area contributed by atoms with Crippen molar-refractivity contribution in [1.29, 1.82) is 0 Å². The SMILES string of the molecule is COc1cc(C)nc2n[nH]nc12.[HH]. The Morgan fingerprint density at radius 3 is 3.08 bits per heavy atom. The molecule has 2 aromatic rings. The van der Waals surface area contributed by atoms with Crippen LogP contribution < -0.4 is 4.74 Å². The second kappa shape index (κ2) is 2.44. The van der Waals surface area contributed by atoms with Gasteiger partial charge in [-0.3, -0.25) is 0 Å². The van der Waals surface area contributed by atoms with Gasteiger partial charge in [-0.25, -0.2) is 4.98 Å². The summed E-state index contributed by atoms with van der Waals surface area (Å²) < 4.78 is 5.10. The summed E-state index contributed by atoms with van der Waals surface area (Å²) in [7, 11) is 1.60. The van der Waals surface area contributed by atoms with Crippen LogP contribution in [-0.2, 0) is 0 Å². The van der Waals surface area contributed by atoms with Crippen molar-refractivity contribution in [1.82, 2.24) is 20.4 Å². The third-order valence-corrected chi connectivity index (χ3v) is 1.61. The predicted octanol–water partition coefficient (Wildman–Crippen LogP) is 0.916. The van der Waals surface area contributed by atoms with Crippen molar-refractivity contribution in [2.45, 2.75) is 6.92 Å². The molecule has 0 aromatic carbocycles. The van der Waals surface area contributed by atoms with E-state index in [4.69, 9.17) is 4.74 Å². The average molecular weight is 166 g/mol. The molecule has 1 N–H and O–H groups in total. The first kappa shape index (κ1) is 7.02. The number of rotatable bonds is 1. The minimum atomic E-state index is 0. The third kappa shape index (κ3) is 0.903. The van der Waals surface area contributed by atoms with Crippen LogP contribution in [0.5, 0.6) is 5.75 Å². The number of fused-ring (bicyclic) bond motifs is 1. The number of nitrogens with zero attached hydrogens (tertiary/aromatic N) is 3. The maximum Gasteiger partial charge on any atom is 0.205 e. The summed E-state index contributed by atoms with van der Waals surface area (Å²) in [6.07, 6.45) is 0. The topological polar surface area (TPSA) is 63.7 Å². The zero-order valence-electron chi connectivity index (χ0n) is 6.83. The van der Waals surface area contributed by atoms with E-state index in [1.54, 1.807) is 7.11 Å². The minimum Gasteiger partial charge on any atom is -0.494 e. The van der Waals surface area contributed by atoms with Crippen LogP contribution in [-0.4, -0.2) is 27.5 Å². The molecular formula is C7H10N4O. The maximum absolute atomic E-state index is 5.10. The Bertz CT molecular complexity index is 414. The van der Waals surface area contributed by atoms with E-state index in [9.17, 15) is 0 Å². The van der Waals surface area contributed by atoms with Crippen molar-refractivity contribution in [3.05, 3.63) is 11.8 Å². The first-order chi connectivity index (χ1) is 5.81. The van der Waals surface area contributed by atoms with Crippen LogP contribution in [0.1, 0.15) is 7.12 Å². The Kier molecular flexibility index (Phi) is 1.43. The average Bonchev–Trinajstić information content (AvgIpc) is 2.50. The lowest BCUT2D eigenvalue weighted by Gasteiger charge is -1.99. The number of ether oxygens (including phenoxy) is 1. The van der Waals surface area contributed by atoms with Gasteiger partial charge in [0.2, 0.25) is 5.65 Å². The quantitative estimate of drug-likeness (QED) is 0.684. The van der Waals surface area contributed by atoms with E-state index < -0.39 is 0 Å². The molecule has 64 valence electrons. The van der Waals surface area contributed by atoms with Gasteiger partial charge in [0.05, 0.1) is 7.11 Å². The van der Waals surface area contributed by atoms with Crippen LogP contribution in [0.25, 0.3) is 11.2 Å². The number of H-pyrrole nitrogens is 1. The van der Waals surface area contributed by atoms with E-state index >= 15 is 0 Å². The zero-order chi connectivity index (χ0) is 8.55. The van der Waals surface area contributed by atoms with E-state index in [0.717, 1.165) is 5.69 Å². The summed E-state index contributed by atoms with van der Waals surface area (Å²) in [5.74, 6) is 0.700. The molecule has 2 rings (SSSR count). The predicted molar refractivity (Wildman–Crippen MR) is 45.1 cm³/mol. The largest absolute Gasteiger partial charge is 0.494 e. The van der Waals surface area contributed by atoms with Crippen LogP contribution in [0, 0.1) is 6.92 Å². The maximum atomic E-state index is 5.10. The monoisotopic (exact) mass is 166 g/mol. The Hall–Kier alpha value is -1.65. The van der Waals surface area contributed by atoms with Crippen LogP contribution in [0.4, 0.5) is 0 Å². The first-order valence-electron chi connectivity index (χ1n) is 3.53. The Labute approximate surface area is 70.2 Å². The lowest BCUT2D eigenvalue weighted by atomic mass is 10.3. The van der Waals surface area contributed by atoms with Gasteiger partial charge >= 0.3 is 0 Å². The Morgan fingerprint density at radius 2 is 2.33 bits per heavy atom. The summed E-state index contributed by atoms with van der Waals surface area (Å²) in [4.78, 5) is 4.16. The molecule has 0 aliphatic heterocycles. The molecule has 2 aromatic heterocycles. The number of aromatic nitrogens is 4. The molecule has 0 amide bonds. The fourth-order valence-corrected chi connectivity index (χ4v) is 1.08. The van der Waals surface area contributed by atoms with Gasteiger partial charge in [-0.1, -0.05) is 0 Å². The molecule has 0 unspecified atom stereocenters. The Morgan fingerprint density at radius 1 is 1.50 bits per heavy atom. The van der Waals surface area contributed by atoms with E-state index in [1.165, 1.54) is 0 Å². The summed E-state index contributed by atoms with van der Waals surface area (Å²) in [6.45, 7) is 1.89. The molecule has 0 saturated carbocycles. The number of nitrogens with one attached hydrogen (secondary N) is 1. The van der Waals surface area contributed by atoms with Crippen molar-refractivity contribution < 1.29 is 6.16 Å². The van der Waals surface area contributed by atoms with Crippen LogP contribution >= 0.6 is 0 Å². The molecule has 5 nitrogen and oxygen atoms in total. The number of aryl methyl sites for hydroxylation is 1. The van der Waals surface area contributed by atoms with Gasteiger partial charge in [0.1, 0.15) is 0 Å². The lowest BCUT2D eigenvalue weighted by molar-refractivity contribution is 0.418. The summed E-state index contributed by atoms with van der Waals surface area (Å²) in [5.41, 5.74) is 2.13. The molecular weight excluding hydrogens is 156 g/mol. The van der Waals surface area contributed by atoms with Gasteiger partial charge in [-0.15, -0.1) is 5.10 Å². The molecule has 0 aliphatic rings. The number of pyridine rings is 1. The highest BCUT2D eigenvalue weighted by atomic mass is 16.5. The van der Waals surface area contributed by atoms with Crippen LogP contribution in [0.3, 0.4) is 0 Å². The highest BCUT2D eigenvalue weighted by Crippen LogP contribution is 2.20. The minimum absolute atomic E-state index is 0. The molecule has 0 fully saturated rings. The summed E-state index contributed by atoms with van der Waals surface area (Å²) in [6, 6.07) is 1.82. The van der Waals surface area contributed by atoms with Crippen molar-refractivity contribution in [3.8, 4) is 5.75 Å². The van der Waals surface area contributed by atoms with Crippen molar-refractivity contribution in [2.24, 2.45) is 0 Å². The van der Waals surface area contributed by atoms with Crippen LogP contribution in [0.15, 0.2) is 6.07 Å². The van der Waals surface area contributed by atoms with Gasteiger partial charge in [-0.05, 0) is 6.92 Å². The fraction of sp³-hybridized carbons (Fsp3) is 0.286. The van der Waals surface area contributed by atoms with E-state index in [1.807, 2.05) is 13.0 Å². The molecule has 0 aliphatic carbocycles. The molecule has 12 heavy (non-hydrogen) atoms. The molecule has 0 spiro atoms. The standard InChI is InChI=1S/C7H8N4O.H2/c1-4-3-5(12-2)6-7(8-4)10-11-9-6;/h3H,1-2H3,(H,8,9,10,11);1H. The highest BCUT2D eigenvalue weighted by Gasteiger charge is 2.06.